The Morgan fingerprint density at radius 2 is 1.67 bits per heavy atom. The lowest BCUT2D eigenvalue weighted by atomic mass is 9.36. The first-order valence-electron chi connectivity index (χ1n) is 17.1. The van der Waals surface area contributed by atoms with E-state index in [0.717, 1.165) is 36.5 Å². The van der Waals surface area contributed by atoms with E-state index in [4.69, 9.17) is 4.74 Å². The number of ether oxygens (including phenoxy) is 1. The Morgan fingerprint density at radius 1 is 0.952 bits per heavy atom. The minimum atomic E-state index is -0.113. The van der Waals surface area contributed by atoms with Gasteiger partial charge in [0.2, 0.25) is 5.91 Å². The quantitative estimate of drug-likeness (QED) is 0.281. The Kier molecular flexibility index (Phi) is 8.94. The minimum absolute atomic E-state index is 0.113. The van der Waals surface area contributed by atoms with Crippen molar-refractivity contribution in [3.05, 3.63) is 54.1 Å². The van der Waals surface area contributed by atoms with Crippen molar-refractivity contribution in [1.29, 1.82) is 0 Å². The van der Waals surface area contributed by atoms with Crippen molar-refractivity contribution < 1.29 is 9.53 Å². The molecule has 3 nitrogen and oxygen atoms in total. The fourth-order valence-corrected chi connectivity index (χ4v) is 11.9. The number of amides is 1. The molecular weight excluding hydrogens is 514 g/mol. The molecule has 5 aliphatic carbocycles. The number of hydrogen-bond donors (Lipinski definition) is 1. The predicted octanol–water partition coefficient (Wildman–Crippen LogP) is 9.41. The molecule has 1 aromatic carbocycles. The summed E-state index contributed by atoms with van der Waals surface area (Å²) in [4.78, 5) is 13.6. The maximum absolute atomic E-state index is 13.6. The van der Waals surface area contributed by atoms with E-state index in [0.29, 0.717) is 35.8 Å². The molecule has 0 spiro atoms. The van der Waals surface area contributed by atoms with Gasteiger partial charge in [0.05, 0.1) is 12.0 Å². The van der Waals surface area contributed by atoms with Crippen molar-refractivity contribution in [3.63, 3.8) is 0 Å². The molecule has 1 amide bonds. The number of benzene rings is 1. The number of nitrogens with one attached hydrogen (secondary N) is 1. The Balaban J connectivity index is 0.00000113. The van der Waals surface area contributed by atoms with Gasteiger partial charge in [-0.05, 0) is 129 Å². The monoisotopic (exact) mass is 573 g/mol. The summed E-state index contributed by atoms with van der Waals surface area (Å²) in [6.07, 6.45) is 16.9. The van der Waals surface area contributed by atoms with E-state index < -0.39 is 0 Å². The van der Waals surface area contributed by atoms with E-state index in [1.54, 1.807) is 18.8 Å². The largest absolute Gasteiger partial charge is 0.383 e. The molecule has 3 heteroatoms. The highest BCUT2D eigenvalue weighted by Gasteiger charge is 2.66. The van der Waals surface area contributed by atoms with Crippen LogP contribution in [0.25, 0.3) is 5.57 Å². The molecule has 0 heterocycles. The highest BCUT2D eigenvalue weighted by Crippen LogP contribution is 2.73. The first-order valence-corrected chi connectivity index (χ1v) is 17.1. The highest BCUT2D eigenvalue weighted by molar-refractivity contribution is 5.83. The lowest BCUT2D eigenvalue weighted by molar-refractivity contribution is -0.181. The van der Waals surface area contributed by atoms with Crippen LogP contribution in [0, 0.1) is 58.2 Å². The molecule has 0 bridgehead atoms. The fraction of sp³-hybridized carbons (Fsp3) is 0.718. The van der Waals surface area contributed by atoms with Crippen LogP contribution in [0.5, 0.6) is 0 Å². The SMILES string of the molecule is C=CC.COCCNC(=O)C12CCCC1C1CCC3C(C)(CCC4C(C)(C)C(c5ccc(C)cc5)=CCC43C)C1CC2. The molecule has 8 unspecified atom stereocenters. The number of fused-ring (bicyclic) bond motifs is 7. The fourth-order valence-electron chi connectivity index (χ4n) is 11.9. The molecule has 6 rings (SSSR count). The zero-order chi connectivity index (χ0) is 30.3. The molecule has 0 radical (unpaired) electrons. The van der Waals surface area contributed by atoms with Crippen LogP contribution in [0.4, 0.5) is 0 Å². The summed E-state index contributed by atoms with van der Waals surface area (Å²) in [5.41, 5.74) is 5.19. The van der Waals surface area contributed by atoms with E-state index >= 15 is 0 Å². The number of hydrogen-bond acceptors (Lipinski definition) is 2. The molecular formula is C39H59NO2. The van der Waals surface area contributed by atoms with Gasteiger partial charge in [-0.3, -0.25) is 4.79 Å². The maximum atomic E-state index is 13.6. The normalized spacial score (nSPS) is 39.7. The lowest BCUT2D eigenvalue weighted by Crippen LogP contribution is -2.62. The third-order valence-electron chi connectivity index (χ3n) is 13.5. The number of carbonyl (C=O) groups is 1. The molecule has 0 aromatic heterocycles. The summed E-state index contributed by atoms with van der Waals surface area (Å²) in [5, 5.41) is 3.28. The van der Waals surface area contributed by atoms with Crippen LogP contribution in [0.3, 0.4) is 0 Å². The van der Waals surface area contributed by atoms with Gasteiger partial charge >= 0.3 is 0 Å². The number of allylic oxidation sites excluding steroid dienone is 3. The molecule has 1 aromatic rings. The van der Waals surface area contributed by atoms with Crippen molar-refractivity contribution >= 4 is 11.5 Å². The summed E-state index contributed by atoms with van der Waals surface area (Å²) in [6.45, 7) is 19.2. The topological polar surface area (TPSA) is 38.3 Å². The van der Waals surface area contributed by atoms with Gasteiger partial charge in [0.15, 0.2) is 0 Å². The maximum Gasteiger partial charge on any atom is 0.226 e. The van der Waals surface area contributed by atoms with Gasteiger partial charge in [0.1, 0.15) is 0 Å². The van der Waals surface area contributed by atoms with E-state index in [1.165, 1.54) is 62.5 Å². The second-order valence-electron chi connectivity index (χ2n) is 15.8. The number of aryl methyl sites for hydroxylation is 1. The van der Waals surface area contributed by atoms with E-state index in [9.17, 15) is 4.79 Å². The Bertz CT molecular complexity index is 1170. The van der Waals surface area contributed by atoms with E-state index in [-0.39, 0.29) is 10.8 Å². The van der Waals surface area contributed by atoms with Crippen LogP contribution in [0.2, 0.25) is 0 Å². The molecule has 0 aliphatic heterocycles. The average molecular weight is 574 g/mol. The second-order valence-corrected chi connectivity index (χ2v) is 15.8. The second kappa shape index (κ2) is 11.9. The molecule has 4 fully saturated rings. The molecule has 8 atom stereocenters. The molecule has 5 aliphatic rings. The standard InChI is InChI=1S/C36H53NO2.C3H6/c1-24-9-11-25(12-10-24)27-15-19-35(5)30(33(27,2)3)17-20-34(4)28-16-21-36(32(38)37-22-23-39-6)18-7-8-29(36)26(28)13-14-31(34)35;1-3-2/h9-12,15,26,28-31H,7-8,13-14,16-23H2,1-6H3,(H,37,38);3H,1H2,2H3. The number of carbonyl (C=O) groups excluding carboxylic acids is 1. The molecule has 42 heavy (non-hydrogen) atoms. The summed E-state index contributed by atoms with van der Waals surface area (Å²) < 4.78 is 5.23. The molecule has 1 N–H and O–H groups in total. The Hall–Kier alpha value is -1.87. The van der Waals surface area contributed by atoms with Crippen molar-refractivity contribution in [1.82, 2.24) is 5.32 Å². The van der Waals surface area contributed by atoms with Crippen LogP contribution < -0.4 is 5.32 Å². The lowest BCUT2D eigenvalue weighted by Gasteiger charge is -2.68. The number of rotatable bonds is 5. The summed E-state index contributed by atoms with van der Waals surface area (Å²) >= 11 is 0. The third kappa shape index (κ3) is 4.94. The highest BCUT2D eigenvalue weighted by atomic mass is 16.5. The average Bonchev–Trinajstić information content (AvgIpc) is 3.40. The van der Waals surface area contributed by atoms with Crippen LogP contribution in [-0.4, -0.2) is 26.2 Å². The predicted molar refractivity (Wildman–Crippen MR) is 176 cm³/mol. The van der Waals surface area contributed by atoms with Crippen molar-refractivity contribution in [2.24, 2.45) is 51.2 Å². The van der Waals surface area contributed by atoms with Crippen molar-refractivity contribution in [2.75, 3.05) is 20.3 Å². The summed E-state index contributed by atoms with van der Waals surface area (Å²) in [7, 11) is 1.72. The van der Waals surface area contributed by atoms with Crippen LogP contribution in [0.1, 0.15) is 110 Å². The number of methoxy groups -OCH3 is 1. The Morgan fingerprint density at radius 3 is 2.36 bits per heavy atom. The summed E-state index contributed by atoms with van der Waals surface area (Å²) in [5.74, 6) is 3.93. The zero-order valence-electron chi connectivity index (χ0n) is 27.9. The van der Waals surface area contributed by atoms with E-state index in [1.807, 2.05) is 6.92 Å². The first-order chi connectivity index (χ1) is 20.0. The minimum Gasteiger partial charge on any atom is -0.383 e. The molecule has 4 saturated carbocycles. The van der Waals surface area contributed by atoms with Crippen LogP contribution in [-0.2, 0) is 9.53 Å². The van der Waals surface area contributed by atoms with Gasteiger partial charge in [0.25, 0.3) is 0 Å². The van der Waals surface area contributed by atoms with Gasteiger partial charge in [-0.15, -0.1) is 6.58 Å². The smallest absolute Gasteiger partial charge is 0.226 e. The van der Waals surface area contributed by atoms with Crippen LogP contribution in [0.15, 0.2) is 43.0 Å². The van der Waals surface area contributed by atoms with Crippen molar-refractivity contribution in [2.45, 2.75) is 106 Å². The Labute approximate surface area is 257 Å². The van der Waals surface area contributed by atoms with E-state index in [2.05, 4.69) is 76.9 Å². The van der Waals surface area contributed by atoms with Gasteiger partial charge in [-0.25, -0.2) is 0 Å². The zero-order valence-corrected chi connectivity index (χ0v) is 27.9. The molecule has 232 valence electrons. The summed E-state index contributed by atoms with van der Waals surface area (Å²) in [6, 6.07) is 9.27. The third-order valence-corrected chi connectivity index (χ3v) is 13.5. The van der Waals surface area contributed by atoms with Gasteiger partial charge in [-0.1, -0.05) is 76.1 Å². The molecule has 0 saturated heterocycles. The van der Waals surface area contributed by atoms with Crippen molar-refractivity contribution in [3.8, 4) is 0 Å². The van der Waals surface area contributed by atoms with Gasteiger partial charge in [0, 0.05) is 13.7 Å². The van der Waals surface area contributed by atoms with Crippen LogP contribution >= 0.6 is 0 Å². The van der Waals surface area contributed by atoms with Gasteiger partial charge in [-0.2, -0.15) is 0 Å². The van der Waals surface area contributed by atoms with Gasteiger partial charge < -0.3 is 10.1 Å². The first kappa shape index (κ1) is 31.6.